The number of nitrogens with one attached hydrogen (secondary N) is 1. The second-order valence-corrected chi connectivity index (χ2v) is 6.02. The van der Waals surface area contributed by atoms with Crippen LogP contribution < -0.4 is 5.32 Å². The van der Waals surface area contributed by atoms with Crippen molar-refractivity contribution in [3.8, 4) is 0 Å². The smallest absolute Gasteiger partial charge is 0.220 e. The van der Waals surface area contributed by atoms with Crippen LogP contribution in [0.2, 0.25) is 0 Å². The molecule has 15 heavy (non-hydrogen) atoms. The standard InChI is InChI=1S/C11H20BrNOS/c12-5-1-2-6-13-11(14)9-10-3-7-15-8-4-10/h10H,1-9H2,(H,13,14). The van der Waals surface area contributed by atoms with Crippen LogP contribution >= 0.6 is 27.7 Å². The molecule has 1 rings (SSSR count). The molecule has 2 nitrogen and oxygen atoms in total. The van der Waals surface area contributed by atoms with E-state index in [1.165, 1.54) is 24.3 Å². The molecule has 0 saturated carbocycles. The second-order valence-electron chi connectivity index (χ2n) is 4.01. The van der Waals surface area contributed by atoms with E-state index in [0.29, 0.717) is 5.92 Å². The van der Waals surface area contributed by atoms with E-state index < -0.39 is 0 Å². The zero-order valence-corrected chi connectivity index (χ0v) is 11.5. The van der Waals surface area contributed by atoms with Crippen LogP contribution in [-0.4, -0.2) is 29.3 Å². The fraction of sp³-hybridized carbons (Fsp3) is 0.909. The normalized spacial score (nSPS) is 17.7. The zero-order chi connectivity index (χ0) is 10.9. The third-order valence-corrected chi connectivity index (χ3v) is 4.31. The first-order valence-corrected chi connectivity index (χ1v) is 8.01. The Morgan fingerprint density at radius 2 is 2.07 bits per heavy atom. The van der Waals surface area contributed by atoms with E-state index in [9.17, 15) is 4.79 Å². The molecule has 1 heterocycles. The molecule has 0 aliphatic carbocycles. The van der Waals surface area contributed by atoms with Crippen LogP contribution in [0.5, 0.6) is 0 Å². The van der Waals surface area contributed by atoms with Crippen molar-refractivity contribution in [2.45, 2.75) is 32.1 Å². The maximum Gasteiger partial charge on any atom is 0.220 e. The number of hydrogen-bond donors (Lipinski definition) is 1. The summed E-state index contributed by atoms with van der Waals surface area (Å²) in [5.41, 5.74) is 0. The highest BCUT2D eigenvalue weighted by Crippen LogP contribution is 2.24. The lowest BCUT2D eigenvalue weighted by molar-refractivity contribution is -0.122. The minimum Gasteiger partial charge on any atom is -0.356 e. The SMILES string of the molecule is O=C(CC1CCSCC1)NCCCCBr. The summed E-state index contributed by atoms with van der Waals surface area (Å²) in [5.74, 6) is 3.37. The summed E-state index contributed by atoms with van der Waals surface area (Å²) < 4.78 is 0. The number of alkyl halides is 1. The molecule has 1 saturated heterocycles. The topological polar surface area (TPSA) is 29.1 Å². The molecule has 0 unspecified atom stereocenters. The van der Waals surface area contributed by atoms with Gasteiger partial charge in [0.15, 0.2) is 0 Å². The molecule has 1 N–H and O–H groups in total. The van der Waals surface area contributed by atoms with Gasteiger partial charge in [-0.3, -0.25) is 4.79 Å². The van der Waals surface area contributed by atoms with Gasteiger partial charge in [0.05, 0.1) is 0 Å². The third kappa shape index (κ3) is 6.46. The number of carbonyl (C=O) groups excluding carboxylic acids is 1. The Morgan fingerprint density at radius 3 is 2.73 bits per heavy atom. The monoisotopic (exact) mass is 293 g/mol. The molecule has 0 spiro atoms. The summed E-state index contributed by atoms with van der Waals surface area (Å²) in [6, 6.07) is 0. The third-order valence-electron chi connectivity index (χ3n) is 2.70. The van der Waals surface area contributed by atoms with E-state index >= 15 is 0 Å². The number of amides is 1. The van der Waals surface area contributed by atoms with Crippen LogP contribution in [0, 0.1) is 5.92 Å². The Morgan fingerprint density at radius 1 is 1.33 bits per heavy atom. The van der Waals surface area contributed by atoms with Crippen molar-refractivity contribution in [3.05, 3.63) is 0 Å². The number of carbonyl (C=O) groups is 1. The lowest BCUT2D eigenvalue weighted by Gasteiger charge is -2.20. The van der Waals surface area contributed by atoms with Crippen molar-refractivity contribution in [1.82, 2.24) is 5.32 Å². The van der Waals surface area contributed by atoms with Crippen LogP contribution in [0.1, 0.15) is 32.1 Å². The molecule has 0 aromatic carbocycles. The first-order chi connectivity index (χ1) is 7.33. The quantitative estimate of drug-likeness (QED) is 0.603. The van der Waals surface area contributed by atoms with Crippen LogP contribution in [0.25, 0.3) is 0 Å². The minimum absolute atomic E-state index is 0.251. The highest BCUT2D eigenvalue weighted by atomic mass is 79.9. The van der Waals surface area contributed by atoms with E-state index in [1.807, 2.05) is 11.8 Å². The van der Waals surface area contributed by atoms with Gasteiger partial charge in [-0.05, 0) is 43.1 Å². The number of hydrogen-bond acceptors (Lipinski definition) is 2. The second kappa shape index (κ2) is 8.45. The van der Waals surface area contributed by atoms with Crippen molar-refractivity contribution < 1.29 is 4.79 Å². The Balaban J connectivity index is 2.01. The van der Waals surface area contributed by atoms with E-state index in [-0.39, 0.29) is 5.91 Å². The molecule has 0 radical (unpaired) electrons. The maximum absolute atomic E-state index is 11.5. The first-order valence-electron chi connectivity index (χ1n) is 5.73. The van der Waals surface area contributed by atoms with E-state index in [2.05, 4.69) is 21.2 Å². The van der Waals surface area contributed by atoms with Crippen molar-refractivity contribution >= 4 is 33.6 Å². The van der Waals surface area contributed by atoms with Crippen molar-refractivity contribution in [1.29, 1.82) is 0 Å². The van der Waals surface area contributed by atoms with E-state index in [4.69, 9.17) is 0 Å². The number of unbranched alkanes of at least 4 members (excludes halogenated alkanes) is 1. The van der Waals surface area contributed by atoms with Crippen LogP contribution in [0.3, 0.4) is 0 Å². The Hall–Kier alpha value is 0.300. The van der Waals surface area contributed by atoms with Gasteiger partial charge in [-0.15, -0.1) is 0 Å². The molecule has 0 bridgehead atoms. The van der Waals surface area contributed by atoms with Gasteiger partial charge in [0.1, 0.15) is 0 Å². The van der Waals surface area contributed by atoms with Crippen LogP contribution in [0.4, 0.5) is 0 Å². The van der Waals surface area contributed by atoms with Crippen molar-refractivity contribution in [2.75, 3.05) is 23.4 Å². The zero-order valence-electron chi connectivity index (χ0n) is 9.14. The molecular formula is C11H20BrNOS. The Labute approximate surface area is 105 Å². The Bertz CT molecular complexity index is 183. The molecule has 0 aromatic rings. The highest BCUT2D eigenvalue weighted by molar-refractivity contribution is 9.09. The molecule has 1 fully saturated rings. The summed E-state index contributed by atoms with van der Waals surface area (Å²) in [6.45, 7) is 0.839. The van der Waals surface area contributed by atoms with Gasteiger partial charge in [0, 0.05) is 18.3 Å². The van der Waals surface area contributed by atoms with Gasteiger partial charge in [0.25, 0.3) is 0 Å². The van der Waals surface area contributed by atoms with Gasteiger partial charge >= 0.3 is 0 Å². The minimum atomic E-state index is 0.251. The average molecular weight is 294 g/mol. The number of rotatable bonds is 6. The summed E-state index contributed by atoms with van der Waals surface area (Å²) in [4.78, 5) is 11.5. The number of halogens is 1. The van der Waals surface area contributed by atoms with Gasteiger partial charge in [-0.2, -0.15) is 11.8 Å². The van der Waals surface area contributed by atoms with Gasteiger partial charge in [-0.25, -0.2) is 0 Å². The largest absolute Gasteiger partial charge is 0.356 e. The average Bonchev–Trinajstić information content (AvgIpc) is 2.26. The molecule has 1 aliphatic rings. The molecule has 4 heteroatoms. The van der Waals surface area contributed by atoms with E-state index in [1.54, 1.807) is 0 Å². The van der Waals surface area contributed by atoms with Crippen LogP contribution in [0.15, 0.2) is 0 Å². The molecule has 1 aliphatic heterocycles. The fourth-order valence-electron chi connectivity index (χ4n) is 1.73. The van der Waals surface area contributed by atoms with E-state index in [0.717, 1.165) is 31.1 Å². The van der Waals surface area contributed by atoms with Gasteiger partial charge < -0.3 is 5.32 Å². The van der Waals surface area contributed by atoms with Gasteiger partial charge in [-0.1, -0.05) is 15.9 Å². The summed E-state index contributed by atoms with van der Waals surface area (Å²) in [6.07, 6.45) is 5.41. The van der Waals surface area contributed by atoms with Crippen molar-refractivity contribution in [2.24, 2.45) is 5.92 Å². The molecule has 88 valence electrons. The summed E-state index contributed by atoms with van der Waals surface area (Å²) in [7, 11) is 0. The van der Waals surface area contributed by atoms with Crippen molar-refractivity contribution in [3.63, 3.8) is 0 Å². The lowest BCUT2D eigenvalue weighted by Crippen LogP contribution is -2.27. The highest BCUT2D eigenvalue weighted by Gasteiger charge is 2.16. The number of thioether (sulfide) groups is 1. The fourth-order valence-corrected chi connectivity index (χ4v) is 3.33. The first kappa shape index (κ1) is 13.4. The molecule has 0 aromatic heterocycles. The van der Waals surface area contributed by atoms with Crippen LogP contribution in [-0.2, 0) is 4.79 Å². The summed E-state index contributed by atoms with van der Waals surface area (Å²) >= 11 is 5.39. The molecule has 1 amide bonds. The predicted molar refractivity (Wildman–Crippen MR) is 70.7 cm³/mol. The lowest BCUT2D eigenvalue weighted by atomic mass is 9.98. The molecular weight excluding hydrogens is 274 g/mol. The van der Waals surface area contributed by atoms with Gasteiger partial charge in [0.2, 0.25) is 5.91 Å². The Kier molecular flexibility index (Phi) is 7.53. The summed E-state index contributed by atoms with van der Waals surface area (Å²) in [5, 5.41) is 4.03. The molecule has 0 atom stereocenters. The maximum atomic E-state index is 11.5. The predicted octanol–water partition coefficient (Wildman–Crippen LogP) is 2.81.